The van der Waals surface area contributed by atoms with Crippen LogP contribution in [0.1, 0.15) is 23.6 Å². The maximum atomic E-state index is 15.1. The summed E-state index contributed by atoms with van der Waals surface area (Å²) in [5.41, 5.74) is 7.64. The molecule has 1 fully saturated rings. The number of halogens is 4. The summed E-state index contributed by atoms with van der Waals surface area (Å²) in [6.45, 7) is -0.697. The number of alkyl halides is 4. The van der Waals surface area contributed by atoms with E-state index in [1.807, 2.05) is 0 Å². The molecule has 3 aromatic rings. The van der Waals surface area contributed by atoms with Crippen molar-refractivity contribution in [3.63, 3.8) is 0 Å². The van der Waals surface area contributed by atoms with Gasteiger partial charge in [0.05, 0.1) is 35.4 Å². The zero-order chi connectivity index (χ0) is 27.7. The van der Waals surface area contributed by atoms with Crippen molar-refractivity contribution in [2.45, 2.75) is 36.1 Å². The van der Waals surface area contributed by atoms with Gasteiger partial charge in [0, 0.05) is 41.4 Å². The molecule has 1 aliphatic rings. The monoisotopic (exact) mass is 552 g/mol. The topological polar surface area (TPSA) is 98.4 Å². The second-order valence-corrected chi connectivity index (χ2v) is 11.1. The molecule has 0 saturated carbocycles. The molecule has 2 heterocycles. The van der Waals surface area contributed by atoms with Crippen LogP contribution in [0.3, 0.4) is 0 Å². The molecule has 7 nitrogen and oxygen atoms in total. The molecular weight excluding hydrogens is 524 g/mol. The van der Waals surface area contributed by atoms with E-state index in [0.29, 0.717) is 29.6 Å². The van der Waals surface area contributed by atoms with Crippen LogP contribution in [-0.4, -0.2) is 58.3 Å². The number of nitrogens with one attached hydrogen (secondary N) is 2. The molecule has 0 bridgehead atoms. The van der Waals surface area contributed by atoms with Gasteiger partial charge in [-0.15, -0.1) is 0 Å². The van der Waals surface area contributed by atoms with E-state index in [2.05, 4.69) is 22.5 Å². The Morgan fingerprint density at radius 3 is 2.68 bits per heavy atom. The van der Waals surface area contributed by atoms with Gasteiger partial charge in [0.15, 0.2) is 9.84 Å². The SMILES string of the molecule is COc1cc(S(C)(=O)=O)ccc1NCC#Cc1c([C@H]2CCNC[C@H]2F)c2c(N)cccc2n1CC(F)(F)F. The minimum absolute atomic E-state index is 0.00230. The van der Waals surface area contributed by atoms with E-state index in [-0.39, 0.29) is 40.6 Å². The summed E-state index contributed by atoms with van der Waals surface area (Å²) in [7, 11) is -2.06. The Labute approximate surface area is 218 Å². The Bertz CT molecular complexity index is 1510. The number of nitrogens with two attached hydrogens (primary N) is 1. The molecule has 0 radical (unpaired) electrons. The lowest BCUT2D eigenvalue weighted by molar-refractivity contribution is -0.140. The van der Waals surface area contributed by atoms with Gasteiger partial charge in [0.25, 0.3) is 0 Å². The molecule has 0 spiro atoms. The molecule has 1 aliphatic heterocycles. The van der Waals surface area contributed by atoms with Crippen LogP contribution >= 0.6 is 0 Å². The van der Waals surface area contributed by atoms with Crippen LogP contribution in [0.5, 0.6) is 5.75 Å². The lowest BCUT2D eigenvalue weighted by Crippen LogP contribution is -2.37. The number of piperidine rings is 1. The molecule has 2 atom stereocenters. The first-order chi connectivity index (χ1) is 17.9. The van der Waals surface area contributed by atoms with Crippen LogP contribution < -0.4 is 21.1 Å². The highest BCUT2D eigenvalue weighted by atomic mass is 32.2. The Kier molecular flexibility index (Phi) is 7.80. The lowest BCUT2D eigenvalue weighted by Gasteiger charge is -2.27. The molecule has 2 aromatic carbocycles. The maximum Gasteiger partial charge on any atom is 0.406 e. The van der Waals surface area contributed by atoms with Crippen molar-refractivity contribution in [2.24, 2.45) is 0 Å². The van der Waals surface area contributed by atoms with Crippen molar-refractivity contribution in [2.75, 3.05) is 44.1 Å². The Morgan fingerprint density at radius 1 is 1.26 bits per heavy atom. The van der Waals surface area contributed by atoms with E-state index in [1.165, 1.54) is 31.4 Å². The second-order valence-electron chi connectivity index (χ2n) is 9.11. The first-order valence-corrected chi connectivity index (χ1v) is 13.7. The number of hydrogen-bond donors (Lipinski definition) is 3. The van der Waals surface area contributed by atoms with Crippen molar-refractivity contribution in [1.29, 1.82) is 0 Å². The van der Waals surface area contributed by atoms with Crippen molar-refractivity contribution in [3.05, 3.63) is 47.7 Å². The molecule has 38 heavy (non-hydrogen) atoms. The summed E-state index contributed by atoms with van der Waals surface area (Å²) in [5.74, 6) is 5.30. The van der Waals surface area contributed by atoms with Crippen LogP contribution in [0.25, 0.3) is 10.9 Å². The Morgan fingerprint density at radius 2 is 2.03 bits per heavy atom. The van der Waals surface area contributed by atoms with Crippen molar-refractivity contribution < 1.29 is 30.7 Å². The smallest absolute Gasteiger partial charge is 0.406 e. The number of anilines is 2. The second kappa shape index (κ2) is 10.7. The summed E-state index contributed by atoms with van der Waals surface area (Å²) in [5, 5.41) is 6.36. The van der Waals surface area contributed by atoms with Gasteiger partial charge < -0.3 is 25.7 Å². The number of benzene rings is 2. The van der Waals surface area contributed by atoms with Crippen molar-refractivity contribution in [3.8, 4) is 17.6 Å². The predicted molar refractivity (Wildman–Crippen MR) is 139 cm³/mol. The number of sulfone groups is 1. The molecule has 1 saturated heterocycles. The lowest BCUT2D eigenvalue weighted by atomic mass is 9.86. The quantitative estimate of drug-likeness (QED) is 0.242. The van der Waals surface area contributed by atoms with E-state index < -0.39 is 34.6 Å². The summed E-state index contributed by atoms with van der Waals surface area (Å²) in [6, 6.07) is 8.98. The first kappa shape index (κ1) is 27.6. The number of aromatic nitrogens is 1. The van der Waals surface area contributed by atoms with Crippen LogP contribution in [0.2, 0.25) is 0 Å². The first-order valence-electron chi connectivity index (χ1n) is 11.8. The predicted octanol–water partition coefficient (Wildman–Crippen LogP) is 4.08. The number of hydrogen-bond acceptors (Lipinski definition) is 6. The number of methoxy groups -OCH3 is 1. The molecule has 1 aromatic heterocycles. The minimum Gasteiger partial charge on any atom is -0.495 e. The van der Waals surface area contributed by atoms with Crippen LogP contribution in [0, 0.1) is 11.8 Å². The van der Waals surface area contributed by atoms with Gasteiger partial charge in [-0.3, -0.25) is 0 Å². The third-order valence-corrected chi connectivity index (χ3v) is 7.56. The third-order valence-electron chi connectivity index (χ3n) is 6.45. The molecule has 0 amide bonds. The molecule has 12 heteroatoms. The van der Waals surface area contributed by atoms with E-state index in [4.69, 9.17) is 10.5 Å². The van der Waals surface area contributed by atoms with Gasteiger partial charge in [-0.25, -0.2) is 12.8 Å². The standard InChI is InChI=1S/C26H28F4N4O3S/c1-37-23-13-16(38(2,35)36)8-9-20(23)33-11-4-7-21-24(17-10-12-32-14-18(17)27)25-19(31)5-3-6-22(25)34(21)15-26(28,29)30/h3,5-6,8-9,13,17-18,32-33H,10-12,14-15,31H2,1-2H3/t17-,18+/m0/s1. The number of rotatable bonds is 6. The van der Waals surface area contributed by atoms with Gasteiger partial charge in [0.1, 0.15) is 18.5 Å². The Balaban J connectivity index is 1.76. The van der Waals surface area contributed by atoms with Crippen molar-refractivity contribution >= 4 is 32.1 Å². The average Bonchev–Trinajstić information content (AvgIpc) is 3.14. The van der Waals surface area contributed by atoms with Gasteiger partial charge in [-0.1, -0.05) is 12.0 Å². The zero-order valence-electron chi connectivity index (χ0n) is 20.8. The zero-order valence-corrected chi connectivity index (χ0v) is 21.6. The van der Waals surface area contributed by atoms with E-state index in [0.717, 1.165) is 10.8 Å². The molecule has 204 valence electrons. The Hall–Kier alpha value is -3.43. The largest absolute Gasteiger partial charge is 0.495 e. The third kappa shape index (κ3) is 5.84. The van der Waals surface area contributed by atoms with Gasteiger partial charge in [-0.05, 0) is 43.2 Å². The highest BCUT2D eigenvalue weighted by Crippen LogP contribution is 2.41. The molecule has 4 rings (SSSR count). The summed E-state index contributed by atoms with van der Waals surface area (Å²) < 4.78 is 86.0. The summed E-state index contributed by atoms with van der Waals surface area (Å²) >= 11 is 0. The van der Waals surface area contributed by atoms with Gasteiger partial charge >= 0.3 is 6.18 Å². The molecule has 0 aliphatic carbocycles. The normalized spacial score (nSPS) is 18.2. The fraction of sp³-hybridized carbons (Fsp3) is 0.385. The van der Waals surface area contributed by atoms with E-state index >= 15 is 4.39 Å². The summed E-state index contributed by atoms with van der Waals surface area (Å²) in [4.78, 5) is 0.0765. The molecule has 0 unspecified atom stereocenters. The number of nitrogen functional groups attached to an aromatic ring is 1. The van der Waals surface area contributed by atoms with Crippen LogP contribution in [0.15, 0.2) is 41.3 Å². The van der Waals surface area contributed by atoms with Gasteiger partial charge in [0.2, 0.25) is 0 Å². The number of nitrogens with zero attached hydrogens (tertiary/aromatic N) is 1. The van der Waals surface area contributed by atoms with E-state index in [1.54, 1.807) is 12.1 Å². The fourth-order valence-electron chi connectivity index (χ4n) is 4.76. The van der Waals surface area contributed by atoms with E-state index in [9.17, 15) is 21.6 Å². The maximum absolute atomic E-state index is 15.1. The van der Waals surface area contributed by atoms with Crippen molar-refractivity contribution in [1.82, 2.24) is 9.88 Å². The molecular formula is C26H28F4N4O3S. The number of ether oxygens (including phenoxy) is 1. The number of fused-ring (bicyclic) bond motifs is 1. The summed E-state index contributed by atoms with van der Waals surface area (Å²) in [6.07, 6.45) is -4.39. The fourth-order valence-corrected chi connectivity index (χ4v) is 5.40. The minimum atomic E-state index is -4.54. The van der Waals surface area contributed by atoms with Crippen LogP contribution in [0.4, 0.5) is 28.9 Å². The van der Waals surface area contributed by atoms with Gasteiger partial charge in [-0.2, -0.15) is 13.2 Å². The molecule has 4 N–H and O–H groups in total. The highest BCUT2D eigenvalue weighted by Gasteiger charge is 2.36. The van der Waals surface area contributed by atoms with Crippen LogP contribution in [-0.2, 0) is 16.4 Å². The highest BCUT2D eigenvalue weighted by molar-refractivity contribution is 7.90. The average molecular weight is 553 g/mol.